The zero-order chi connectivity index (χ0) is 12.1. The van der Waals surface area contributed by atoms with Crippen molar-refractivity contribution in [3.8, 4) is 0 Å². The van der Waals surface area contributed by atoms with Gasteiger partial charge in [0.25, 0.3) is 0 Å². The molecule has 17 heavy (non-hydrogen) atoms. The molecule has 1 aromatic rings. The minimum atomic E-state index is 0.156. The Morgan fingerprint density at radius 2 is 2.29 bits per heavy atom. The molecule has 0 saturated carbocycles. The summed E-state index contributed by atoms with van der Waals surface area (Å²) >= 11 is 3.41. The highest BCUT2D eigenvalue weighted by molar-refractivity contribution is 9.10. The molecule has 1 atom stereocenters. The summed E-state index contributed by atoms with van der Waals surface area (Å²) in [6, 6.07) is 7.92. The zero-order valence-electron chi connectivity index (χ0n) is 9.82. The minimum absolute atomic E-state index is 0.156. The molecule has 1 aliphatic heterocycles. The number of Topliss-reactive ketones (excluding diaryl/α,β-unsaturated/α-hetero) is 1. The highest BCUT2D eigenvalue weighted by Crippen LogP contribution is 2.18. The molecule has 1 saturated heterocycles. The first-order valence-corrected chi connectivity index (χ1v) is 6.91. The van der Waals surface area contributed by atoms with Crippen LogP contribution in [0.15, 0.2) is 28.7 Å². The number of halogens is 1. The van der Waals surface area contributed by atoms with Gasteiger partial charge in [-0.3, -0.25) is 4.79 Å². The molecule has 0 aromatic heterocycles. The standard InChI is InChI=1S/C14H17BrO2/c15-12-5-3-4-11(8-12)9-13(16)10-14-6-1-2-7-17-14/h3-5,8,14H,1-2,6-7,9-10H2. The fourth-order valence-electron chi connectivity index (χ4n) is 2.17. The maximum Gasteiger partial charge on any atom is 0.139 e. The molecule has 0 bridgehead atoms. The van der Waals surface area contributed by atoms with E-state index in [2.05, 4.69) is 15.9 Å². The molecule has 0 amide bonds. The third kappa shape index (κ3) is 4.25. The number of ketones is 1. The molecular weight excluding hydrogens is 280 g/mol. The Labute approximate surface area is 110 Å². The van der Waals surface area contributed by atoms with E-state index in [0.717, 1.165) is 29.5 Å². The lowest BCUT2D eigenvalue weighted by atomic mass is 10.0. The van der Waals surface area contributed by atoms with E-state index in [1.807, 2.05) is 24.3 Å². The first kappa shape index (κ1) is 12.8. The van der Waals surface area contributed by atoms with Gasteiger partial charge in [-0.2, -0.15) is 0 Å². The lowest BCUT2D eigenvalue weighted by molar-refractivity contribution is -0.122. The molecule has 1 aliphatic rings. The van der Waals surface area contributed by atoms with Crippen molar-refractivity contribution in [3.63, 3.8) is 0 Å². The number of hydrogen-bond acceptors (Lipinski definition) is 2. The summed E-state index contributed by atoms with van der Waals surface area (Å²) in [6.45, 7) is 0.814. The van der Waals surface area contributed by atoms with E-state index >= 15 is 0 Å². The molecule has 0 N–H and O–H groups in total. The normalized spacial score (nSPS) is 20.2. The van der Waals surface area contributed by atoms with E-state index < -0.39 is 0 Å². The average molecular weight is 297 g/mol. The molecular formula is C14H17BrO2. The van der Waals surface area contributed by atoms with E-state index in [4.69, 9.17) is 4.74 Å². The summed E-state index contributed by atoms with van der Waals surface area (Å²) in [7, 11) is 0. The first-order chi connectivity index (χ1) is 8.24. The number of carbonyl (C=O) groups is 1. The topological polar surface area (TPSA) is 26.3 Å². The number of hydrogen-bond donors (Lipinski definition) is 0. The van der Waals surface area contributed by atoms with Crippen molar-refractivity contribution in [1.29, 1.82) is 0 Å². The van der Waals surface area contributed by atoms with Crippen molar-refractivity contribution in [1.82, 2.24) is 0 Å². The Morgan fingerprint density at radius 1 is 1.41 bits per heavy atom. The van der Waals surface area contributed by atoms with Crippen LogP contribution < -0.4 is 0 Å². The van der Waals surface area contributed by atoms with Crippen molar-refractivity contribution in [2.75, 3.05) is 6.61 Å². The van der Waals surface area contributed by atoms with Gasteiger partial charge in [-0.05, 0) is 37.0 Å². The molecule has 3 heteroatoms. The van der Waals surface area contributed by atoms with Crippen LogP contribution in [0.1, 0.15) is 31.2 Å². The van der Waals surface area contributed by atoms with Crippen molar-refractivity contribution in [2.45, 2.75) is 38.2 Å². The predicted molar refractivity (Wildman–Crippen MR) is 71.1 cm³/mol. The Morgan fingerprint density at radius 3 is 3.00 bits per heavy atom. The Balaban J connectivity index is 1.84. The monoisotopic (exact) mass is 296 g/mol. The van der Waals surface area contributed by atoms with Crippen LogP contribution in [0.5, 0.6) is 0 Å². The molecule has 1 heterocycles. The fourth-order valence-corrected chi connectivity index (χ4v) is 2.62. The predicted octanol–water partition coefficient (Wildman–Crippen LogP) is 3.52. The molecule has 1 unspecified atom stereocenters. The second-order valence-electron chi connectivity index (χ2n) is 4.54. The molecule has 92 valence electrons. The molecule has 0 spiro atoms. The highest BCUT2D eigenvalue weighted by Gasteiger charge is 2.17. The summed E-state index contributed by atoms with van der Waals surface area (Å²) in [4.78, 5) is 11.9. The fraction of sp³-hybridized carbons (Fsp3) is 0.500. The smallest absolute Gasteiger partial charge is 0.139 e. The maximum atomic E-state index is 11.9. The third-order valence-electron chi connectivity index (χ3n) is 3.02. The SMILES string of the molecule is O=C(Cc1cccc(Br)c1)CC1CCCCO1. The minimum Gasteiger partial charge on any atom is -0.378 e. The van der Waals surface area contributed by atoms with Gasteiger partial charge >= 0.3 is 0 Å². The van der Waals surface area contributed by atoms with Crippen LogP contribution in [0, 0.1) is 0 Å². The van der Waals surface area contributed by atoms with Crippen LogP contribution in [-0.2, 0) is 16.0 Å². The van der Waals surface area contributed by atoms with Crippen molar-refractivity contribution >= 4 is 21.7 Å². The van der Waals surface area contributed by atoms with E-state index in [1.165, 1.54) is 6.42 Å². The first-order valence-electron chi connectivity index (χ1n) is 6.12. The number of rotatable bonds is 4. The van der Waals surface area contributed by atoms with Crippen LogP contribution in [0.3, 0.4) is 0 Å². The van der Waals surface area contributed by atoms with Crippen LogP contribution >= 0.6 is 15.9 Å². The largest absolute Gasteiger partial charge is 0.378 e. The molecule has 1 aromatic carbocycles. The van der Waals surface area contributed by atoms with Crippen molar-refractivity contribution < 1.29 is 9.53 Å². The van der Waals surface area contributed by atoms with Gasteiger partial charge in [0.05, 0.1) is 6.10 Å². The van der Waals surface area contributed by atoms with Gasteiger partial charge in [-0.25, -0.2) is 0 Å². The highest BCUT2D eigenvalue weighted by atomic mass is 79.9. The number of carbonyl (C=O) groups excluding carboxylic acids is 1. The summed E-state index contributed by atoms with van der Waals surface area (Å²) in [5.74, 6) is 0.273. The van der Waals surface area contributed by atoms with E-state index in [-0.39, 0.29) is 11.9 Å². The summed E-state index contributed by atoms with van der Waals surface area (Å²) < 4.78 is 6.60. The van der Waals surface area contributed by atoms with Crippen LogP contribution in [0.25, 0.3) is 0 Å². The summed E-state index contributed by atoms with van der Waals surface area (Å²) in [5.41, 5.74) is 1.07. The van der Waals surface area contributed by atoms with E-state index in [0.29, 0.717) is 12.8 Å². The van der Waals surface area contributed by atoms with Gasteiger partial charge in [0.1, 0.15) is 5.78 Å². The van der Waals surface area contributed by atoms with Gasteiger partial charge in [0.2, 0.25) is 0 Å². The molecule has 1 fully saturated rings. The molecule has 0 aliphatic carbocycles. The van der Waals surface area contributed by atoms with Gasteiger partial charge < -0.3 is 4.74 Å². The lowest BCUT2D eigenvalue weighted by Crippen LogP contribution is -2.23. The second kappa shape index (κ2) is 6.31. The van der Waals surface area contributed by atoms with E-state index in [1.54, 1.807) is 0 Å². The molecule has 2 rings (SSSR count). The van der Waals surface area contributed by atoms with Crippen LogP contribution in [-0.4, -0.2) is 18.5 Å². The second-order valence-corrected chi connectivity index (χ2v) is 5.45. The van der Waals surface area contributed by atoms with Crippen molar-refractivity contribution in [2.24, 2.45) is 0 Å². The van der Waals surface area contributed by atoms with Crippen LogP contribution in [0.2, 0.25) is 0 Å². The van der Waals surface area contributed by atoms with E-state index in [9.17, 15) is 4.79 Å². The van der Waals surface area contributed by atoms with Crippen LogP contribution in [0.4, 0.5) is 0 Å². The number of benzene rings is 1. The van der Waals surface area contributed by atoms with Gasteiger partial charge in [-0.15, -0.1) is 0 Å². The summed E-state index contributed by atoms with van der Waals surface area (Å²) in [5, 5.41) is 0. The average Bonchev–Trinajstić information content (AvgIpc) is 2.30. The van der Waals surface area contributed by atoms with Gasteiger partial charge in [0, 0.05) is 23.9 Å². The zero-order valence-corrected chi connectivity index (χ0v) is 11.4. The third-order valence-corrected chi connectivity index (χ3v) is 3.51. The van der Waals surface area contributed by atoms with Gasteiger partial charge in [0.15, 0.2) is 0 Å². The Bertz CT molecular complexity index is 384. The Kier molecular flexibility index (Phi) is 4.75. The molecule has 2 nitrogen and oxygen atoms in total. The number of ether oxygens (including phenoxy) is 1. The van der Waals surface area contributed by atoms with Crippen molar-refractivity contribution in [3.05, 3.63) is 34.3 Å². The Hall–Kier alpha value is -0.670. The van der Waals surface area contributed by atoms with Gasteiger partial charge in [-0.1, -0.05) is 28.1 Å². The lowest BCUT2D eigenvalue weighted by Gasteiger charge is -2.21. The summed E-state index contributed by atoms with van der Waals surface area (Å²) in [6.07, 6.45) is 4.59. The molecule has 0 radical (unpaired) electrons. The maximum absolute atomic E-state index is 11.9. The quantitative estimate of drug-likeness (QED) is 0.850.